The van der Waals surface area contributed by atoms with Gasteiger partial charge in [0.2, 0.25) is 0 Å². The molecule has 0 saturated carbocycles. The first-order valence-corrected chi connectivity index (χ1v) is 5.21. The summed E-state index contributed by atoms with van der Waals surface area (Å²) in [7, 11) is 0. The van der Waals surface area contributed by atoms with Crippen molar-refractivity contribution >= 4 is 11.7 Å². The number of alkyl halides is 2. The third-order valence-electron chi connectivity index (χ3n) is 2.23. The van der Waals surface area contributed by atoms with Crippen LogP contribution in [0.4, 0.5) is 14.5 Å². The highest BCUT2D eigenvalue weighted by molar-refractivity contribution is 5.73. The van der Waals surface area contributed by atoms with E-state index in [1.54, 1.807) is 0 Å². The van der Waals surface area contributed by atoms with Gasteiger partial charge in [-0.25, -0.2) is 8.78 Å². The smallest absolute Gasteiger partial charge is 0.343 e. The van der Waals surface area contributed by atoms with Crippen LogP contribution in [0.2, 0.25) is 0 Å². The zero-order valence-corrected chi connectivity index (χ0v) is 9.81. The number of pyridine rings is 1. The van der Waals surface area contributed by atoms with Crippen LogP contribution in [-0.2, 0) is 16.0 Å². The van der Waals surface area contributed by atoms with Gasteiger partial charge >= 0.3 is 17.2 Å². The lowest BCUT2D eigenvalue weighted by atomic mass is 10.1. The van der Waals surface area contributed by atoms with E-state index in [1.165, 1.54) is 6.92 Å². The molecule has 104 valence electrons. The lowest BCUT2D eigenvalue weighted by Crippen LogP contribution is -2.18. The van der Waals surface area contributed by atoms with E-state index in [4.69, 9.17) is 0 Å². The maximum atomic E-state index is 12.9. The van der Waals surface area contributed by atoms with Crippen molar-refractivity contribution in [3.63, 3.8) is 0 Å². The van der Waals surface area contributed by atoms with E-state index in [2.05, 4.69) is 4.74 Å². The minimum absolute atomic E-state index is 0.0499. The van der Waals surface area contributed by atoms with Gasteiger partial charge in [0.25, 0.3) is 6.43 Å². The standard InChI is InChI=1S/C10H10F2N2O5/c1-2-19-6(15)3-5-4-13-10(16)8(14(17)18)7(5)9(11)12/h4,9H,2-3H2,1H3,(H,13,16). The van der Waals surface area contributed by atoms with Crippen LogP contribution in [0.3, 0.4) is 0 Å². The Morgan fingerprint density at radius 3 is 2.68 bits per heavy atom. The molecule has 1 heterocycles. The summed E-state index contributed by atoms with van der Waals surface area (Å²) in [5, 5.41) is 10.6. The highest BCUT2D eigenvalue weighted by Crippen LogP contribution is 2.29. The van der Waals surface area contributed by atoms with Gasteiger partial charge in [-0.1, -0.05) is 0 Å². The third kappa shape index (κ3) is 3.33. The number of halogens is 2. The molecule has 0 aliphatic rings. The second-order valence-electron chi connectivity index (χ2n) is 3.44. The molecular weight excluding hydrogens is 266 g/mol. The molecule has 0 aromatic carbocycles. The molecule has 0 amide bonds. The molecule has 19 heavy (non-hydrogen) atoms. The van der Waals surface area contributed by atoms with E-state index < -0.39 is 40.5 Å². The molecule has 0 aliphatic carbocycles. The highest BCUT2D eigenvalue weighted by atomic mass is 19.3. The van der Waals surface area contributed by atoms with Crippen molar-refractivity contribution in [2.45, 2.75) is 19.8 Å². The Morgan fingerprint density at radius 2 is 2.21 bits per heavy atom. The number of H-pyrrole nitrogens is 1. The predicted molar refractivity (Wildman–Crippen MR) is 59.0 cm³/mol. The molecule has 0 unspecified atom stereocenters. The zero-order chi connectivity index (χ0) is 14.6. The summed E-state index contributed by atoms with van der Waals surface area (Å²) in [6.45, 7) is 1.58. The monoisotopic (exact) mass is 276 g/mol. The topological polar surface area (TPSA) is 102 Å². The molecule has 1 N–H and O–H groups in total. The SMILES string of the molecule is CCOC(=O)Cc1c[nH]c(=O)c([N+](=O)[O-])c1C(F)F. The largest absolute Gasteiger partial charge is 0.466 e. The van der Waals surface area contributed by atoms with Gasteiger partial charge in [0, 0.05) is 6.20 Å². The second-order valence-corrected chi connectivity index (χ2v) is 3.44. The minimum atomic E-state index is -3.24. The molecule has 0 aliphatic heterocycles. The Labute approximate surface area is 105 Å². The highest BCUT2D eigenvalue weighted by Gasteiger charge is 2.30. The summed E-state index contributed by atoms with van der Waals surface area (Å²) in [5.41, 5.74) is -3.88. The van der Waals surface area contributed by atoms with Crippen LogP contribution in [0.1, 0.15) is 24.5 Å². The Morgan fingerprint density at radius 1 is 1.58 bits per heavy atom. The Balaban J connectivity index is 3.33. The van der Waals surface area contributed by atoms with E-state index in [-0.39, 0.29) is 12.2 Å². The Kier molecular flexibility index (Phi) is 4.67. The van der Waals surface area contributed by atoms with Crippen molar-refractivity contribution in [1.29, 1.82) is 0 Å². The fourth-order valence-electron chi connectivity index (χ4n) is 1.51. The van der Waals surface area contributed by atoms with Crippen molar-refractivity contribution < 1.29 is 23.2 Å². The number of esters is 1. The van der Waals surface area contributed by atoms with Crippen LogP contribution in [0.5, 0.6) is 0 Å². The lowest BCUT2D eigenvalue weighted by Gasteiger charge is -2.08. The van der Waals surface area contributed by atoms with Crippen molar-refractivity contribution in [3.8, 4) is 0 Å². The number of nitrogens with one attached hydrogen (secondary N) is 1. The van der Waals surface area contributed by atoms with Gasteiger partial charge in [-0.15, -0.1) is 0 Å². The fraction of sp³-hybridized carbons (Fsp3) is 0.400. The van der Waals surface area contributed by atoms with Crippen molar-refractivity contribution in [2.24, 2.45) is 0 Å². The molecule has 0 bridgehead atoms. The number of ether oxygens (including phenoxy) is 1. The van der Waals surface area contributed by atoms with Gasteiger partial charge in [0.1, 0.15) is 5.56 Å². The molecule has 9 heteroatoms. The van der Waals surface area contributed by atoms with Gasteiger partial charge in [0.15, 0.2) is 0 Å². The number of nitro groups is 1. The van der Waals surface area contributed by atoms with Gasteiger partial charge in [-0.2, -0.15) is 0 Å². The number of hydrogen-bond donors (Lipinski definition) is 1. The minimum Gasteiger partial charge on any atom is -0.466 e. The Hall–Kier alpha value is -2.32. The molecule has 0 radical (unpaired) electrons. The van der Waals surface area contributed by atoms with Crippen LogP contribution in [0.25, 0.3) is 0 Å². The van der Waals surface area contributed by atoms with E-state index in [0.29, 0.717) is 0 Å². The van der Waals surface area contributed by atoms with E-state index in [9.17, 15) is 28.5 Å². The second kappa shape index (κ2) is 6.03. The number of aromatic nitrogens is 1. The fourth-order valence-corrected chi connectivity index (χ4v) is 1.51. The lowest BCUT2D eigenvalue weighted by molar-refractivity contribution is -0.387. The molecular formula is C10H10F2N2O5. The molecule has 0 saturated heterocycles. The summed E-state index contributed by atoms with van der Waals surface area (Å²) >= 11 is 0. The quantitative estimate of drug-likeness (QED) is 0.496. The average Bonchev–Trinajstić information content (AvgIpc) is 2.30. The maximum absolute atomic E-state index is 12.9. The molecule has 1 aromatic heterocycles. The number of nitrogens with zero attached hydrogens (tertiary/aromatic N) is 1. The maximum Gasteiger partial charge on any atom is 0.343 e. The first-order valence-electron chi connectivity index (χ1n) is 5.21. The summed E-state index contributed by atoms with van der Waals surface area (Å²) in [6.07, 6.45) is -2.97. The summed E-state index contributed by atoms with van der Waals surface area (Å²) < 4.78 is 30.3. The molecule has 0 atom stereocenters. The summed E-state index contributed by atoms with van der Waals surface area (Å²) in [4.78, 5) is 33.8. The number of carbonyl (C=O) groups is 1. The number of carbonyl (C=O) groups excluding carboxylic acids is 1. The van der Waals surface area contributed by atoms with Gasteiger partial charge in [-0.3, -0.25) is 19.7 Å². The predicted octanol–water partition coefficient (Wildman–Crippen LogP) is 1.33. The first-order chi connectivity index (χ1) is 8.88. The van der Waals surface area contributed by atoms with Gasteiger partial charge < -0.3 is 9.72 Å². The molecule has 1 rings (SSSR count). The molecule has 0 spiro atoms. The van der Waals surface area contributed by atoms with Crippen LogP contribution in [0.15, 0.2) is 11.0 Å². The van der Waals surface area contributed by atoms with Crippen LogP contribution < -0.4 is 5.56 Å². The van der Waals surface area contributed by atoms with Crippen molar-refractivity contribution in [1.82, 2.24) is 4.98 Å². The third-order valence-corrected chi connectivity index (χ3v) is 2.23. The Bertz CT molecular complexity index is 555. The van der Waals surface area contributed by atoms with Crippen LogP contribution in [-0.4, -0.2) is 22.5 Å². The van der Waals surface area contributed by atoms with Crippen molar-refractivity contribution in [2.75, 3.05) is 6.61 Å². The van der Waals surface area contributed by atoms with Crippen LogP contribution >= 0.6 is 0 Å². The number of aromatic amines is 1. The van der Waals surface area contributed by atoms with E-state index in [0.717, 1.165) is 6.20 Å². The summed E-state index contributed by atoms with van der Waals surface area (Å²) in [6, 6.07) is 0. The van der Waals surface area contributed by atoms with Gasteiger partial charge in [-0.05, 0) is 12.5 Å². The number of hydrogen-bond acceptors (Lipinski definition) is 5. The molecule has 1 aromatic rings. The zero-order valence-electron chi connectivity index (χ0n) is 9.81. The van der Waals surface area contributed by atoms with E-state index in [1.807, 2.05) is 4.98 Å². The first kappa shape index (κ1) is 14.7. The van der Waals surface area contributed by atoms with Gasteiger partial charge in [0.05, 0.1) is 18.0 Å². The van der Waals surface area contributed by atoms with E-state index >= 15 is 0 Å². The van der Waals surface area contributed by atoms with Crippen molar-refractivity contribution in [3.05, 3.63) is 37.8 Å². The summed E-state index contributed by atoms with van der Waals surface area (Å²) in [5.74, 6) is -0.814. The normalized spacial score (nSPS) is 10.5. The molecule has 7 nitrogen and oxygen atoms in total. The molecule has 0 fully saturated rings. The van der Waals surface area contributed by atoms with Crippen LogP contribution in [0, 0.1) is 10.1 Å². The number of rotatable bonds is 5. The average molecular weight is 276 g/mol.